The van der Waals surface area contributed by atoms with Gasteiger partial charge in [-0.1, -0.05) is 18.2 Å². The summed E-state index contributed by atoms with van der Waals surface area (Å²) in [5.41, 5.74) is 6.21. The molecule has 1 saturated heterocycles. The predicted molar refractivity (Wildman–Crippen MR) is 101 cm³/mol. The van der Waals surface area contributed by atoms with Crippen LogP contribution in [0.4, 0.5) is 5.69 Å². The Kier molecular flexibility index (Phi) is 5.38. The van der Waals surface area contributed by atoms with Crippen molar-refractivity contribution < 1.29 is 19.0 Å². The third-order valence-electron chi connectivity index (χ3n) is 3.50. The van der Waals surface area contributed by atoms with Crippen LogP contribution < -0.4 is 20.9 Å². The molecule has 7 nitrogen and oxygen atoms in total. The molecule has 9 heteroatoms. The number of primary amides is 1. The number of pyridine rings is 1. The van der Waals surface area contributed by atoms with E-state index in [0.29, 0.717) is 16.3 Å². The first-order valence-corrected chi connectivity index (χ1v) is 9.17. The first-order chi connectivity index (χ1) is 12.5. The topological polar surface area (TPSA) is 105 Å². The van der Waals surface area contributed by atoms with Gasteiger partial charge in [0.25, 0.3) is 17.2 Å². The molecule has 1 atom stereocenters. The summed E-state index contributed by atoms with van der Waals surface area (Å²) in [6.07, 6.45) is 3.16. The molecule has 0 aliphatic carbocycles. The van der Waals surface area contributed by atoms with Gasteiger partial charge in [-0.3, -0.25) is 14.4 Å². The number of carbonyl (C=O) groups is 3. The average Bonchev–Trinajstić information content (AvgIpc) is 3.03. The van der Waals surface area contributed by atoms with Crippen LogP contribution in [0.3, 0.4) is 0 Å². The van der Waals surface area contributed by atoms with Gasteiger partial charge in [0.05, 0.1) is 0 Å². The number of aromatic nitrogens is 1. The number of hydrogen-bond donors (Lipinski definition) is 3. The fourth-order valence-corrected chi connectivity index (χ4v) is 3.74. The lowest BCUT2D eigenvalue weighted by Gasteiger charge is -2.05. The number of halogens is 1. The second-order valence-corrected chi connectivity index (χ2v) is 7.21. The molecule has 4 N–H and O–H groups in total. The SMILES string of the molecule is NC(=O)c1ccc[n+](C2SC(=C(Br)C(=O)Nc3ccccc3)NC2=O)c1. The van der Waals surface area contributed by atoms with E-state index >= 15 is 0 Å². The summed E-state index contributed by atoms with van der Waals surface area (Å²) in [6, 6.07) is 12.2. The van der Waals surface area contributed by atoms with E-state index in [4.69, 9.17) is 5.73 Å². The van der Waals surface area contributed by atoms with Gasteiger partial charge >= 0.3 is 5.91 Å². The summed E-state index contributed by atoms with van der Waals surface area (Å²) in [5, 5.41) is 5.15. The van der Waals surface area contributed by atoms with Gasteiger partial charge in [0.15, 0.2) is 12.4 Å². The van der Waals surface area contributed by atoms with Crippen molar-refractivity contribution in [3.8, 4) is 0 Å². The van der Waals surface area contributed by atoms with E-state index in [-0.39, 0.29) is 16.3 Å². The highest BCUT2D eigenvalue weighted by Crippen LogP contribution is 2.35. The summed E-state index contributed by atoms with van der Waals surface area (Å²) in [4.78, 5) is 36.0. The minimum Gasteiger partial charge on any atom is -0.365 e. The summed E-state index contributed by atoms with van der Waals surface area (Å²) >= 11 is 4.40. The Bertz CT molecular complexity index is 917. The molecule has 1 unspecified atom stereocenters. The fraction of sp³-hybridized carbons (Fsp3) is 0.0588. The minimum absolute atomic E-state index is 0.217. The molecule has 1 aliphatic rings. The highest BCUT2D eigenvalue weighted by molar-refractivity contribution is 9.12. The van der Waals surface area contributed by atoms with E-state index in [2.05, 4.69) is 26.6 Å². The molecule has 132 valence electrons. The van der Waals surface area contributed by atoms with Crippen LogP contribution in [0, 0.1) is 0 Å². The molecule has 3 rings (SSSR count). The van der Waals surface area contributed by atoms with Gasteiger partial charge in [-0.05, 0) is 45.9 Å². The second-order valence-electron chi connectivity index (χ2n) is 5.33. The monoisotopic (exact) mass is 433 g/mol. The summed E-state index contributed by atoms with van der Waals surface area (Å²) in [6.45, 7) is 0. The molecule has 26 heavy (non-hydrogen) atoms. The Balaban J connectivity index is 1.80. The van der Waals surface area contributed by atoms with Gasteiger partial charge in [-0.25, -0.2) is 0 Å². The zero-order valence-electron chi connectivity index (χ0n) is 13.3. The lowest BCUT2D eigenvalue weighted by atomic mass is 10.3. The summed E-state index contributed by atoms with van der Waals surface area (Å²) < 4.78 is 1.79. The highest BCUT2D eigenvalue weighted by Gasteiger charge is 2.39. The maximum atomic E-state index is 12.3. The molecule has 0 spiro atoms. The maximum Gasteiger partial charge on any atom is 0.305 e. The van der Waals surface area contributed by atoms with Crippen molar-refractivity contribution in [1.29, 1.82) is 0 Å². The minimum atomic E-state index is -0.652. The number of amides is 3. The van der Waals surface area contributed by atoms with E-state index in [0.717, 1.165) is 11.8 Å². The Morgan fingerprint density at radius 1 is 1.19 bits per heavy atom. The number of hydrogen-bond acceptors (Lipinski definition) is 4. The number of carbonyl (C=O) groups excluding carboxylic acids is 3. The third kappa shape index (κ3) is 3.94. The molecule has 0 radical (unpaired) electrons. The normalized spacial score (nSPS) is 18.2. The Morgan fingerprint density at radius 3 is 2.62 bits per heavy atom. The van der Waals surface area contributed by atoms with Crippen LogP contribution in [-0.4, -0.2) is 17.7 Å². The number of nitrogens with zero attached hydrogens (tertiary/aromatic N) is 1. The van der Waals surface area contributed by atoms with E-state index < -0.39 is 11.3 Å². The lowest BCUT2D eigenvalue weighted by molar-refractivity contribution is -0.687. The van der Waals surface area contributed by atoms with Crippen LogP contribution in [0.5, 0.6) is 0 Å². The van der Waals surface area contributed by atoms with E-state index in [1.807, 2.05) is 6.07 Å². The van der Waals surface area contributed by atoms with Crippen molar-refractivity contribution >= 4 is 51.1 Å². The molecule has 1 aromatic heterocycles. The van der Waals surface area contributed by atoms with Gasteiger partial charge in [-0.2, -0.15) is 4.57 Å². The van der Waals surface area contributed by atoms with E-state index in [1.165, 1.54) is 6.20 Å². The molecule has 2 heterocycles. The zero-order valence-corrected chi connectivity index (χ0v) is 15.7. The van der Waals surface area contributed by atoms with Gasteiger partial charge < -0.3 is 16.4 Å². The van der Waals surface area contributed by atoms with Crippen molar-refractivity contribution in [3.05, 3.63) is 69.9 Å². The van der Waals surface area contributed by atoms with Crippen LogP contribution in [0.25, 0.3) is 0 Å². The number of anilines is 1. The molecule has 1 aliphatic heterocycles. The van der Waals surface area contributed by atoms with Gasteiger partial charge in [0, 0.05) is 11.8 Å². The smallest absolute Gasteiger partial charge is 0.305 e. The van der Waals surface area contributed by atoms with Crippen molar-refractivity contribution in [1.82, 2.24) is 5.32 Å². The fourth-order valence-electron chi connectivity index (χ4n) is 2.27. The van der Waals surface area contributed by atoms with E-state index in [9.17, 15) is 14.4 Å². The largest absolute Gasteiger partial charge is 0.365 e. The second kappa shape index (κ2) is 7.71. The zero-order chi connectivity index (χ0) is 18.7. The van der Waals surface area contributed by atoms with Gasteiger partial charge in [-0.15, -0.1) is 0 Å². The van der Waals surface area contributed by atoms with Gasteiger partial charge in [0.2, 0.25) is 0 Å². The third-order valence-corrected chi connectivity index (χ3v) is 5.74. The summed E-state index contributed by atoms with van der Waals surface area (Å²) in [5.74, 6) is -1.27. The van der Waals surface area contributed by atoms with Crippen molar-refractivity contribution in [3.63, 3.8) is 0 Å². The molecule has 2 aromatic rings. The first kappa shape index (κ1) is 18.2. The van der Waals surface area contributed by atoms with Crippen LogP contribution >= 0.6 is 27.7 Å². The van der Waals surface area contributed by atoms with Crippen LogP contribution in [-0.2, 0) is 9.59 Å². The van der Waals surface area contributed by atoms with Crippen LogP contribution in [0.2, 0.25) is 0 Å². The summed E-state index contributed by atoms with van der Waals surface area (Å²) in [7, 11) is 0. The number of thioether (sulfide) groups is 1. The van der Waals surface area contributed by atoms with E-state index in [1.54, 1.807) is 47.2 Å². The molecule has 0 saturated carbocycles. The van der Waals surface area contributed by atoms with Crippen molar-refractivity contribution in [2.75, 3.05) is 5.32 Å². The number of nitrogens with one attached hydrogen (secondary N) is 2. The molecule has 1 aromatic carbocycles. The number of rotatable bonds is 4. The molecule has 3 amide bonds. The van der Waals surface area contributed by atoms with Crippen LogP contribution in [0.1, 0.15) is 15.7 Å². The van der Waals surface area contributed by atoms with Gasteiger partial charge in [0.1, 0.15) is 15.1 Å². The quantitative estimate of drug-likeness (QED) is 0.503. The number of nitrogens with two attached hydrogens (primary N) is 1. The lowest BCUT2D eigenvalue weighted by Crippen LogP contribution is -2.42. The molecule has 1 fully saturated rings. The standard InChI is InChI=1S/C17H13BrN4O3S/c18-12(14(24)20-11-6-2-1-3-7-11)16-21-15(25)17(26-16)22-8-4-5-10(9-22)13(19)23/h1-9,17H,(H3-,19,20,21,23,24,25)/p+1. The van der Waals surface area contributed by atoms with Crippen molar-refractivity contribution in [2.24, 2.45) is 5.73 Å². The van der Waals surface area contributed by atoms with Crippen molar-refractivity contribution in [2.45, 2.75) is 5.37 Å². The van der Waals surface area contributed by atoms with Crippen LogP contribution in [0.15, 0.2) is 64.4 Å². The number of benzene rings is 1. The average molecular weight is 434 g/mol. The number of para-hydroxylation sites is 1. The molecule has 0 bridgehead atoms. The molecular weight excluding hydrogens is 420 g/mol. The highest BCUT2D eigenvalue weighted by atomic mass is 79.9. The Morgan fingerprint density at radius 2 is 1.92 bits per heavy atom. The maximum absolute atomic E-state index is 12.3. The Labute approximate surface area is 161 Å². The first-order valence-electron chi connectivity index (χ1n) is 7.50. The predicted octanol–water partition coefficient (Wildman–Crippen LogP) is 1.64. The molecular formula is C17H14BrN4O3S+. The Hall–Kier alpha value is -2.65.